The van der Waals surface area contributed by atoms with Crippen molar-refractivity contribution in [1.82, 2.24) is 15.0 Å². The third-order valence-electron chi connectivity index (χ3n) is 2.77. The number of halogens is 2. The van der Waals surface area contributed by atoms with Gasteiger partial charge >= 0.3 is 0 Å². The Labute approximate surface area is 130 Å². The molecule has 0 fully saturated rings. The average molecular weight is 319 g/mol. The first-order chi connectivity index (χ1) is 10.1. The van der Waals surface area contributed by atoms with Gasteiger partial charge in [0.1, 0.15) is 16.0 Å². The molecule has 0 atom stereocenters. The SMILES string of the molecule is O=C(Nc1nccc(Cl)n1)c1cc2ccccc2c(Cl)n1. The number of anilines is 1. The van der Waals surface area contributed by atoms with Crippen LogP contribution in [0.4, 0.5) is 5.95 Å². The molecule has 5 nitrogen and oxygen atoms in total. The Balaban J connectivity index is 1.94. The molecule has 1 amide bonds. The zero-order chi connectivity index (χ0) is 14.8. The summed E-state index contributed by atoms with van der Waals surface area (Å²) in [6.45, 7) is 0. The van der Waals surface area contributed by atoms with Crippen molar-refractivity contribution in [3.63, 3.8) is 0 Å². The van der Waals surface area contributed by atoms with E-state index in [9.17, 15) is 4.79 Å². The number of hydrogen-bond donors (Lipinski definition) is 1. The second-order valence-corrected chi connectivity index (χ2v) is 4.92. The predicted octanol–water partition coefficient (Wildman–Crippen LogP) is 3.58. The fourth-order valence-electron chi connectivity index (χ4n) is 1.84. The molecule has 2 aromatic heterocycles. The molecule has 104 valence electrons. The molecule has 0 radical (unpaired) electrons. The number of rotatable bonds is 2. The average Bonchev–Trinajstić information content (AvgIpc) is 2.47. The lowest BCUT2D eigenvalue weighted by Crippen LogP contribution is -2.15. The number of carbonyl (C=O) groups is 1. The molecule has 0 aliphatic heterocycles. The summed E-state index contributed by atoms with van der Waals surface area (Å²) in [4.78, 5) is 24.0. The highest BCUT2D eigenvalue weighted by Gasteiger charge is 2.12. The Bertz CT molecular complexity index is 838. The van der Waals surface area contributed by atoms with Crippen LogP contribution >= 0.6 is 23.2 Å². The van der Waals surface area contributed by atoms with Crippen molar-refractivity contribution < 1.29 is 4.79 Å². The summed E-state index contributed by atoms with van der Waals surface area (Å²) in [5.74, 6) is -0.344. The maximum absolute atomic E-state index is 12.2. The molecule has 0 aliphatic carbocycles. The third-order valence-corrected chi connectivity index (χ3v) is 3.27. The summed E-state index contributed by atoms with van der Waals surface area (Å²) >= 11 is 11.8. The maximum atomic E-state index is 12.2. The normalized spacial score (nSPS) is 10.6. The van der Waals surface area contributed by atoms with Crippen LogP contribution in [-0.4, -0.2) is 20.9 Å². The van der Waals surface area contributed by atoms with Crippen molar-refractivity contribution in [2.75, 3.05) is 5.32 Å². The van der Waals surface area contributed by atoms with Gasteiger partial charge < -0.3 is 0 Å². The van der Waals surface area contributed by atoms with E-state index >= 15 is 0 Å². The minimum absolute atomic E-state index is 0.110. The van der Waals surface area contributed by atoms with Gasteiger partial charge in [-0.2, -0.15) is 0 Å². The first kappa shape index (κ1) is 13.7. The van der Waals surface area contributed by atoms with E-state index in [4.69, 9.17) is 23.2 Å². The van der Waals surface area contributed by atoms with Gasteiger partial charge in [-0.25, -0.2) is 15.0 Å². The molecule has 21 heavy (non-hydrogen) atoms. The molecule has 0 saturated heterocycles. The van der Waals surface area contributed by atoms with Crippen molar-refractivity contribution in [2.24, 2.45) is 0 Å². The second kappa shape index (κ2) is 5.63. The first-order valence-corrected chi connectivity index (χ1v) is 6.74. The maximum Gasteiger partial charge on any atom is 0.276 e. The molecule has 2 heterocycles. The number of benzene rings is 1. The van der Waals surface area contributed by atoms with Crippen molar-refractivity contribution in [3.05, 3.63) is 58.6 Å². The van der Waals surface area contributed by atoms with Gasteiger partial charge in [0, 0.05) is 11.6 Å². The molecule has 0 saturated carbocycles. The van der Waals surface area contributed by atoms with Gasteiger partial charge in [-0.1, -0.05) is 47.5 Å². The third kappa shape index (κ3) is 2.94. The van der Waals surface area contributed by atoms with Gasteiger partial charge in [-0.05, 0) is 17.5 Å². The highest BCUT2D eigenvalue weighted by molar-refractivity contribution is 6.34. The molecule has 1 N–H and O–H groups in total. The summed E-state index contributed by atoms with van der Waals surface area (Å²) in [6.07, 6.45) is 1.45. The number of nitrogens with zero attached hydrogens (tertiary/aromatic N) is 3. The van der Waals surface area contributed by atoms with E-state index in [1.54, 1.807) is 6.07 Å². The molecule has 0 bridgehead atoms. The molecule has 7 heteroatoms. The molecule has 0 spiro atoms. The zero-order valence-corrected chi connectivity index (χ0v) is 12.1. The van der Waals surface area contributed by atoms with Crippen LogP contribution in [0.2, 0.25) is 10.3 Å². The number of pyridine rings is 1. The molecule has 0 unspecified atom stereocenters. The van der Waals surface area contributed by atoms with Gasteiger partial charge in [0.05, 0.1) is 0 Å². The minimum atomic E-state index is -0.454. The van der Waals surface area contributed by atoms with Crippen LogP contribution in [0, 0.1) is 0 Å². The number of hydrogen-bond acceptors (Lipinski definition) is 4. The molecular weight excluding hydrogens is 311 g/mol. The van der Waals surface area contributed by atoms with Crippen LogP contribution in [0.25, 0.3) is 10.8 Å². The Hall–Kier alpha value is -2.24. The van der Waals surface area contributed by atoms with Crippen LogP contribution in [0.15, 0.2) is 42.6 Å². The summed E-state index contributed by atoms with van der Waals surface area (Å²) in [7, 11) is 0. The van der Waals surface area contributed by atoms with Crippen molar-refractivity contribution in [3.8, 4) is 0 Å². The van der Waals surface area contributed by atoms with Crippen LogP contribution < -0.4 is 5.32 Å². The van der Waals surface area contributed by atoms with Crippen molar-refractivity contribution in [2.45, 2.75) is 0 Å². The summed E-state index contributed by atoms with van der Waals surface area (Å²) in [5, 5.41) is 4.65. The van der Waals surface area contributed by atoms with E-state index in [0.717, 1.165) is 10.8 Å². The Morgan fingerprint density at radius 1 is 1.10 bits per heavy atom. The van der Waals surface area contributed by atoms with E-state index in [-0.39, 0.29) is 21.9 Å². The predicted molar refractivity (Wildman–Crippen MR) is 81.7 cm³/mol. The van der Waals surface area contributed by atoms with Gasteiger partial charge in [0.15, 0.2) is 0 Å². The van der Waals surface area contributed by atoms with Crippen molar-refractivity contribution in [1.29, 1.82) is 0 Å². The molecule has 3 aromatic rings. The summed E-state index contributed by atoms with van der Waals surface area (Å²) < 4.78 is 0. The van der Waals surface area contributed by atoms with Crippen LogP contribution in [0.3, 0.4) is 0 Å². The first-order valence-electron chi connectivity index (χ1n) is 5.99. The van der Waals surface area contributed by atoms with Gasteiger partial charge in [-0.3, -0.25) is 10.1 Å². The number of fused-ring (bicyclic) bond motifs is 1. The smallest absolute Gasteiger partial charge is 0.276 e. The van der Waals surface area contributed by atoms with Crippen LogP contribution in [0.5, 0.6) is 0 Å². The highest BCUT2D eigenvalue weighted by Crippen LogP contribution is 2.22. The Morgan fingerprint density at radius 3 is 2.71 bits per heavy atom. The molecule has 0 aliphatic rings. The highest BCUT2D eigenvalue weighted by atomic mass is 35.5. The Kier molecular flexibility index (Phi) is 3.68. The van der Waals surface area contributed by atoms with Crippen LogP contribution in [-0.2, 0) is 0 Å². The molecule has 3 rings (SSSR count). The van der Waals surface area contributed by atoms with E-state index in [2.05, 4.69) is 20.3 Å². The van der Waals surface area contributed by atoms with Gasteiger partial charge in [-0.15, -0.1) is 0 Å². The van der Waals surface area contributed by atoms with Crippen molar-refractivity contribution >= 4 is 45.8 Å². The lowest BCUT2D eigenvalue weighted by atomic mass is 10.1. The lowest BCUT2D eigenvalue weighted by molar-refractivity contribution is 0.102. The van der Waals surface area contributed by atoms with Gasteiger partial charge in [0.25, 0.3) is 5.91 Å². The number of amides is 1. The fraction of sp³-hybridized carbons (Fsp3) is 0. The number of nitrogens with one attached hydrogen (secondary N) is 1. The quantitative estimate of drug-likeness (QED) is 0.579. The van der Waals surface area contributed by atoms with E-state index < -0.39 is 5.91 Å². The number of aromatic nitrogens is 3. The molecule has 1 aromatic carbocycles. The lowest BCUT2D eigenvalue weighted by Gasteiger charge is -2.06. The van der Waals surface area contributed by atoms with Gasteiger partial charge in [0.2, 0.25) is 5.95 Å². The minimum Gasteiger partial charge on any atom is -0.289 e. The van der Waals surface area contributed by atoms with E-state index in [1.165, 1.54) is 12.3 Å². The zero-order valence-electron chi connectivity index (χ0n) is 10.5. The molecular formula is C14H8Cl2N4O. The number of carbonyl (C=O) groups excluding carboxylic acids is 1. The fourth-order valence-corrected chi connectivity index (χ4v) is 2.23. The Morgan fingerprint density at radius 2 is 1.90 bits per heavy atom. The van der Waals surface area contributed by atoms with E-state index in [0.29, 0.717) is 0 Å². The monoisotopic (exact) mass is 318 g/mol. The largest absolute Gasteiger partial charge is 0.289 e. The topological polar surface area (TPSA) is 67.8 Å². The summed E-state index contributed by atoms with van der Waals surface area (Å²) in [5.41, 5.74) is 0.183. The second-order valence-electron chi connectivity index (χ2n) is 4.18. The van der Waals surface area contributed by atoms with Crippen LogP contribution in [0.1, 0.15) is 10.5 Å². The van der Waals surface area contributed by atoms with E-state index in [1.807, 2.05) is 24.3 Å². The standard InChI is InChI=1S/C14H8Cl2N4O/c15-11-5-6-17-14(19-11)20-13(21)10-7-8-3-1-2-4-9(8)12(16)18-10/h1-7H,(H,17,19,20,21). The summed E-state index contributed by atoms with van der Waals surface area (Å²) in [6, 6.07) is 10.6.